The Morgan fingerprint density at radius 3 is 2.81 bits per heavy atom. The van der Waals surface area contributed by atoms with Crippen LogP contribution in [-0.4, -0.2) is 41.0 Å². The van der Waals surface area contributed by atoms with Gasteiger partial charge in [-0.1, -0.05) is 0 Å². The molecule has 86 valence electrons. The summed E-state index contributed by atoms with van der Waals surface area (Å²) < 4.78 is 4.68. The number of ketones is 1. The highest BCUT2D eigenvalue weighted by atomic mass is 16.5. The lowest BCUT2D eigenvalue weighted by molar-refractivity contribution is -0.139. The van der Waals surface area contributed by atoms with Crippen LogP contribution in [0.1, 0.15) is 6.92 Å². The monoisotopic (exact) mass is 225 g/mol. The van der Waals surface area contributed by atoms with Crippen LogP contribution in [0.2, 0.25) is 0 Å². The number of allylic oxidation sites excluding steroid dienone is 1. The summed E-state index contributed by atoms with van der Waals surface area (Å²) in [7, 11) is 0. The molecule has 0 fully saturated rings. The Balaban J connectivity index is 2.88. The lowest BCUT2D eigenvalue weighted by Gasteiger charge is -2.09. The molecule has 6 heteroatoms. The van der Waals surface area contributed by atoms with Gasteiger partial charge in [0.1, 0.15) is 5.57 Å². The van der Waals surface area contributed by atoms with Crippen LogP contribution in [-0.2, 0) is 14.3 Å². The number of carboxylic acid groups (broad SMARTS) is 1. The first-order chi connectivity index (χ1) is 7.56. The Kier molecular flexibility index (Phi) is 3.82. The standard InChI is InChI=1S/C10H11NO5/c1-2-16-9(13)7-3-5-11(10(14)15)6-4-8(7)12/h3-4,6H,2,5H2,1H3,(H,14,15). The van der Waals surface area contributed by atoms with Gasteiger partial charge < -0.3 is 9.84 Å². The molecule has 1 aliphatic heterocycles. The SMILES string of the molecule is CCOC(=O)C1=CCN(C(=O)O)C=CC1=O. The molecule has 0 saturated heterocycles. The second-order valence-electron chi connectivity index (χ2n) is 2.95. The van der Waals surface area contributed by atoms with E-state index in [1.807, 2.05) is 0 Å². The molecular weight excluding hydrogens is 214 g/mol. The molecule has 0 atom stereocenters. The summed E-state index contributed by atoms with van der Waals surface area (Å²) in [6.45, 7) is 1.74. The molecule has 1 amide bonds. The van der Waals surface area contributed by atoms with Gasteiger partial charge in [-0.05, 0) is 13.0 Å². The molecular formula is C10H11NO5. The molecule has 1 rings (SSSR count). The second-order valence-corrected chi connectivity index (χ2v) is 2.95. The van der Waals surface area contributed by atoms with Crippen molar-refractivity contribution in [3.05, 3.63) is 23.9 Å². The Morgan fingerprint density at radius 1 is 1.56 bits per heavy atom. The molecule has 6 nitrogen and oxygen atoms in total. The highest BCUT2D eigenvalue weighted by Gasteiger charge is 2.21. The van der Waals surface area contributed by atoms with Crippen LogP contribution in [0, 0.1) is 0 Å². The highest BCUT2D eigenvalue weighted by Crippen LogP contribution is 2.08. The van der Waals surface area contributed by atoms with E-state index in [9.17, 15) is 14.4 Å². The van der Waals surface area contributed by atoms with Crippen molar-refractivity contribution in [3.8, 4) is 0 Å². The van der Waals surface area contributed by atoms with Gasteiger partial charge in [0, 0.05) is 18.8 Å². The van der Waals surface area contributed by atoms with E-state index in [1.165, 1.54) is 6.08 Å². The lowest BCUT2D eigenvalue weighted by atomic mass is 10.1. The molecule has 0 aromatic rings. The zero-order chi connectivity index (χ0) is 12.1. The van der Waals surface area contributed by atoms with E-state index >= 15 is 0 Å². The van der Waals surface area contributed by atoms with Crippen LogP contribution in [0.5, 0.6) is 0 Å². The van der Waals surface area contributed by atoms with Crippen molar-refractivity contribution in [2.24, 2.45) is 0 Å². The minimum Gasteiger partial charge on any atom is -0.465 e. The third-order valence-electron chi connectivity index (χ3n) is 1.90. The molecule has 1 heterocycles. The quantitative estimate of drug-likeness (QED) is 0.548. The van der Waals surface area contributed by atoms with Gasteiger partial charge >= 0.3 is 12.1 Å². The fraction of sp³-hybridized carbons (Fsp3) is 0.300. The van der Waals surface area contributed by atoms with Crippen LogP contribution in [0.3, 0.4) is 0 Å². The summed E-state index contributed by atoms with van der Waals surface area (Å²) in [5, 5.41) is 8.70. The van der Waals surface area contributed by atoms with Crippen molar-refractivity contribution < 1.29 is 24.2 Å². The minimum absolute atomic E-state index is 0.0499. The van der Waals surface area contributed by atoms with E-state index in [1.54, 1.807) is 6.92 Å². The van der Waals surface area contributed by atoms with Gasteiger partial charge in [0.25, 0.3) is 0 Å². The Morgan fingerprint density at radius 2 is 2.25 bits per heavy atom. The van der Waals surface area contributed by atoms with Gasteiger partial charge in [0.15, 0.2) is 5.78 Å². The fourth-order valence-corrected chi connectivity index (χ4v) is 1.13. The van der Waals surface area contributed by atoms with E-state index in [-0.39, 0.29) is 18.7 Å². The van der Waals surface area contributed by atoms with Crippen molar-refractivity contribution in [3.63, 3.8) is 0 Å². The number of ether oxygens (including phenoxy) is 1. The first-order valence-corrected chi connectivity index (χ1v) is 4.65. The zero-order valence-electron chi connectivity index (χ0n) is 8.67. The molecule has 1 aliphatic rings. The summed E-state index contributed by atoms with van der Waals surface area (Å²) in [5.74, 6) is -1.29. The van der Waals surface area contributed by atoms with Crippen molar-refractivity contribution in [2.75, 3.05) is 13.2 Å². The first kappa shape index (κ1) is 12.0. The number of nitrogens with zero attached hydrogens (tertiary/aromatic N) is 1. The average Bonchev–Trinajstić information content (AvgIpc) is 2.40. The minimum atomic E-state index is -1.19. The largest absolute Gasteiger partial charge is 0.465 e. The zero-order valence-corrected chi connectivity index (χ0v) is 8.67. The van der Waals surface area contributed by atoms with Crippen LogP contribution in [0.15, 0.2) is 23.9 Å². The molecule has 0 aromatic carbocycles. The average molecular weight is 225 g/mol. The first-order valence-electron chi connectivity index (χ1n) is 4.65. The summed E-state index contributed by atoms with van der Waals surface area (Å²) in [4.78, 5) is 34.3. The van der Waals surface area contributed by atoms with Gasteiger partial charge in [-0.25, -0.2) is 9.59 Å². The Hall–Kier alpha value is -2.11. The van der Waals surface area contributed by atoms with Gasteiger partial charge in [-0.3, -0.25) is 9.69 Å². The maximum absolute atomic E-state index is 11.4. The van der Waals surface area contributed by atoms with Crippen molar-refractivity contribution in [1.82, 2.24) is 4.90 Å². The normalized spacial score (nSPS) is 15.4. The third-order valence-corrected chi connectivity index (χ3v) is 1.90. The van der Waals surface area contributed by atoms with Crippen molar-refractivity contribution >= 4 is 17.8 Å². The Bertz CT molecular complexity index is 383. The maximum Gasteiger partial charge on any atom is 0.411 e. The molecule has 0 radical (unpaired) electrons. The fourth-order valence-electron chi connectivity index (χ4n) is 1.13. The molecule has 0 spiro atoms. The van der Waals surface area contributed by atoms with E-state index in [0.717, 1.165) is 17.2 Å². The summed E-state index contributed by atoms with van der Waals surface area (Å²) in [5.41, 5.74) is -0.137. The molecule has 0 aromatic heterocycles. The molecule has 1 N–H and O–H groups in total. The number of hydrogen-bond acceptors (Lipinski definition) is 4. The smallest absolute Gasteiger partial charge is 0.411 e. The Labute approximate surface area is 91.8 Å². The van der Waals surface area contributed by atoms with Gasteiger partial charge in [0.2, 0.25) is 0 Å². The topological polar surface area (TPSA) is 83.9 Å². The van der Waals surface area contributed by atoms with E-state index in [0.29, 0.717) is 0 Å². The number of hydrogen-bond donors (Lipinski definition) is 1. The third kappa shape index (κ3) is 2.69. The molecule has 0 aliphatic carbocycles. The number of carbonyl (C=O) groups excluding carboxylic acids is 2. The highest BCUT2D eigenvalue weighted by molar-refractivity contribution is 6.21. The van der Waals surface area contributed by atoms with Crippen LogP contribution in [0.25, 0.3) is 0 Å². The number of rotatable bonds is 2. The number of carbonyl (C=O) groups is 3. The lowest BCUT2D eigenvalue weighted by Crippen LogP contribution is -2.23. The van der Waals surface area contributed by atoms with Gasteiger partial charge in [-0.15, -0.1) is 0 Å². The number of amides is 1. The van der Waals surface area contributed by atoms with Crippen LogP contribution >= 0.6 is 0 Å². The molecule has 0 saturated carbocycles. The van der Waals surface area contributed by atoms with E-state index in [2.05, 4.69) is 4.74 Å². The summed E-state index contributed by atoms with van der Waals surface area (Å²) in [6.07, 6.45) is 2.21. The second kappa shape index (κ2) is 5.11. The summed E-state index contributed by atoms with van der Waals surface area (Å²) >= 11 is 0. The number of esters is 1. The molecule has 16 heavy (non-hydrogen) atoms. The van der Waals surface area contributed by atoms with Crippen molar-refractivity contribution in [2.45, 2.75) is 6.92 Å². The van der Waals surface area contributed by atoms with Crippen LogP contribution < -0.4 is 0 Å². The van der Waals surface area contributed by atoms with Crippen molar-refractivity contribution in [1.29, 1.82) is 0 Å². The molecule has 0 bridgehead atoms. The maximum atomic E-state index is 11.4. The predicted molar refractivity (Wildman–Crippen MR) is 53.6 cm³/mol. The van der Waals surface area contributed by atoms with E-state index < -0.39 is 17.8 Å². The van der Waals surface area contributed by atoms with Gasteiger partial charge in [-0.2, -0.15) is 0 Å². The predicted octanol–water partition coefficient (Wildman–Crippen LogP) is 0.552. The van der Waals surface area contributed by atoms with Gasteiger partial charge in [0.05, 0.1) is 6.61 Å². The van der Waals surface area contributed by atoms with Crippen LogP contribution in [0.4, 0.5) is 4.79 Å². The van der Waals surface area contributed by atoms with E-state index in [4.69, 9.17) is 5.11 Å². The molecule has 0 unspecified atom stereocenters. The summed E-state index contributed by atoms with van der Waals surface area (Å²) in [6, 6.07) is 0.